The number of carbonyl (C=O) groups excluding carboxylic acids is 1. The predicted molar refractivity (Wildman–Crippen MR) is 105 cm³/mol. The number of benzene rings is 2. The van der Waals surface area contributed by atoms with Gasteiger partial charge in [0.1, 0.15) is 12.1 Å². The van der Waals surface area contributed by atoms with Gasteiger partial charge in [0.25, 0.3) is 0 Å². The number of anilines is 2. The Balaban J connectivity index is 1.34. The van der Waals surface area contributed by atoms with Crippen molar-refractivity contribution >= 4 is 17.4 Å². The number of carbonyl (C=O) groups is 1. The molecule has 2 heterocycles. The number of aromatic nitrogens is 4. The predicted octanol–water partition coefficient (Wildman–Crippen LogP) is 2.02. The average molecular weight is 379 g/mol. The largest absolute Gasteiger partial charge is 0.495 e. The van der Waals surface area contributed by atoms with Crippen molar-refractivity contribution in [3.05, 3.63) is 54.9 Å². The lowest BCUT2D eigenvalue weighted by Gasteiger charge is -2.36. The molecule has 4 rings (SSSR count). The van der Waals surface area contributed by atoms with Crippen LogP contribution in [0.15, 0.2) is 54.9 Å². The number of nitrogens with one attached hydrogen (secondary N) is 1. The SMILES string of the molecule is COc1ccccc1N1CCN(C(=O)Nc2ccc(-n3cnnn3)cc2)CC1. The summed E-state index contributed by atoms with van der Waals surface area (Å²) in [5.74, 6) is 0.850. The summed E-state index contributed by atoms with van der Waals surface area (Å²) in [6.07, 6.45) is 1.52. The van der Waals surface area contributed by atoms with E-state index in [2.05, 4.69) is 25.7 Å². The van der Waals surface area contributed by atoms with Crippen molar-refractivity contribution in [2.45, 2.75) is 0 Å². The van der Waals surface area contributed by atoms with E-state index in [1.165, 1.54) is 6.33 Å². The molecule has 0 radical (unpaired) electrons. The monoisotopic (exact) mass is 379 g/mol. The maximum atomic E-state index is 12.6. The summed E-state index contributed by atoms with van der Waals surface area (Å²) in [7, 11) is 1.67. The zero-order valence-electron chi connectivity index (χ0n) is 15.5. The third kappa shape index (κ3) is 3.73. The number of nitrogens with zero attached hydrogens (tertiary/aromatic N) is 6. The van der Waals surface area contributed by atoms with E-state index in [4.69, 9.17) is 4.74 Å². The van der Waals surface area contributed by atoms with Crippen LogP contribution in [0.5, 0.6) is 5.75 Å². The highest BCUT2D eigenvalue weighted by molar-refractivity contribution is 5.89. The molecule has 144 valence electrons. The molecule has 1 N–H and O–H groups in total. The first-order valence-corrected chi connectivity index (χ1v) is 9.02. The summed E-state index contributed by atoms with van der Waals surface area (Å²) >= 11 is 0. The van der Waals surface area contributed by atoms with Crippen LogP contribution >= 0.6 is 0 Å². The lowest BCUT2D eigenvalue weighted by atomic mass is 10.2. The van der Waals surface area contributed by atoms with E-state index < -0.39 is 0 Å². The maximum Gasteiger partial charge on any atom is 0.321 e. The molecule has 2 amide bonds. The van der Waals surface area contributed by atoms with Gasteiger partial charge >= 0.3 is 6.03 Å². The number of piperazine rings is 1. The van der Waals surface area contributed by atoms with E-state index in [0.29, 0.717) is 13.1 Å². The molecule has 3 aromatic rings. The van der Waals surface area contributed by atoms with Crippen molar-refractivity contribution in [1.82, 2.24) is 25.1 Å². The Morgan fingerprint density at radius 1 is 1.04 bits per heavy atom. The summed E-state index contributed by atoms with van der Waals surface area (Å²) in [5, 5.41) is 14.0. The lowest BCUT2D eigenvalue weighted by molar-refractivity contribution is 0.208. The molecular formula is C19H21N7O2. The molecule has 0 bridgehead atoms. The van der Waals surface area contributed by atoms with Gasteiger partial charge in [0.05, 0.1) is 18.5 Å². The van der Waals surface area contributed by atoms with E-state index in [0.717, 1.165) is 35.9 Å². The first kappa shape index (κ1) is 17.8. The highest BCUT2D eigenvalue weighted by Gasteiger charge is 2.22. The Morgan fingerprint density at radius 3 is 2.46 bits per heavy atom. The van der Waals surface area contributed by atoms with Crippen LogP contribution < -0.4 is 15.0 Å². The van der Waals surface area contributed by atoms with Gasteiger partial charge in [-0.25, -0.2) is 9.48 Å². The fourth-order valence-corrected chi connectivity index (χ4v) is 3.22. The van der Waals surface area contributed by atoms with Crippen LogP contribution in [0, 0.1) is 0 Å². The van der Waals surface area contributed by atoms with Crippen molar-refractivity contribution in [3.8, 4) is 11.4 Å². The molecule has 0 unspecified atom stereocenters. The molecule has 2 aromatic carbocycles. The number of tetrazole rings is 1. The highest BCUT2D eigenvalue weighted by atomic mass is 16.5. The molecule has 1 saturated heterocycles. The summed E-state index contributed by atoms with van der Waals surface area (Å²) in [5.41, 5.74) is 2.62. The van der Waals surface area contributed by atoms with Crippen LogP contribution in [0.25, 0.3) is 5.69 Å². The van der Waals surface area contributed by atoms with Crippen LogP contribution in [0.4, 0.5) is 16.2 Å². The normalized spacial score (nSPS) is 14.0. The Bertz CT molecular complexity index is 920. The van der Waals surface area contributed by atoms with Gasteiger partial charge in [-0.2, -0.15) is 0 Å². The Kier molecular flexibility index (Phi) is 5.05. The molecular weight excluding hydrogens is 358 g/mol. The molecule has 0 atom stereocenters. The van der Waals surface area contributed by atoms with E-state index in [1.54, 1.807) is 11.8 Å². The molecule has 9 nitrogen and oxygen atoms in total. The molecule has 1 aliphatic heterocycles. The van der Waals surface area contributed by atoms with Gasteiger partial charge in [-0.3, -0.25) is 0 Å². The number of hydrogen-bond acceptors (Lipinski definition) is 6. The summed E-state index contributed by atoms with van der Waals surface area (Å²) in [6.45, 7) is 2.80. The third-order valence-electron chi connectivity index (χ3n) is 4.72. The smallest absolute Gasteiger partial charge is 0.321 e. The molecule has 0 spiro atoms. The molecule has 1 aliphatic rings. The van der Waals surface area contributed by atoms with E-state index in [-0.39, 0.29) is 6.03 Å². The van der Waals surface area contributed by atoms with Gasteiger partial charge in [0.2, 0.25) is 0 Å². The molecule has 1 aromatic heterocycles. The van der Waals surface area contributed by atoms with Crippen LogP contribution in [0.2, 0.25) is 0 Å². The van der Waals surface area contributed by atoms with Crippen LogP contribution in [-0.4, -0.2) is 64.4 Å². The van der Waals surface area contributed by atoms with Crippen LogP contribution in [0.1, 0.15) is 0 Å². The summed E-state index contributed by atoms with van der Waals surface area (Å²) in [6, 6.07) is 15.2. The Hall–Kier alpha value is -3.62. The van der Waals surface area contributed by atoms with E-state index >= 15 is 0 Å². The minimum atomic E-state index is -0.102. The fraction of sp³-hybridized carbons (Fsp3) is 0.263. The standard InChI is InChI=1S/C19H21N7O2/c1-28-18-5-3-2-4-17(18)24-10-12-25(13-11-24)19(27)21-15-6-8-16(9-7-15)26-14-20-22-23-26/h2-9,14H,10-13H2,1H3,(H,21,27). The molecule has 28 heavy (non-hydrogen) atoms. The number of hydrogen-bond donors (Lipinski definition) is 1. The van der Waals surface area contributed by atoms with Gasteiger partial charge in [-0.15, -0.1) is 5.10 Å². The van der Waals surface area contributed by atoms with E-state index in [9.17, 15) is 4.79 Å². The minimum absolute atomic E-state index is 0.102. The third-order valence-corrected chi connectivity index (χ3v) is 4.72. The van der Waals surface area contributed by atoms with Gasteiger partial charge in [0.15, 0.2) is 0 Å². The zero-order chi connectivity index (χ0) is 19.3. The van der Waals surface area contributed by atoms with Crippen molar-refractivity contribution in [3.63, 3.8) is 0 Å². The number of amides is 2. The van der Waals surface area contributed by atoms with Gasteiger partial charge in [-0.1, -0.05) is 12.1 Å². The summed E-state index contributed by atoms with van der Waals surface area (Å²) < 4.78 is 7.00. The molecule has 0 aliphatic carbocycles. The van der Waals surface area contributed by atoms with Crippen molar-refractivity contribution in [2.24, 2.45) is 0 Å². The zero-order valence-corrected chi connectivity index (χ0v) is 15.5. The van der Waals surface area contributed by atoms with Gasteiger partial charge < -0.3 is 19.9 Å². The number of para-hydroxylation sites is 2. The topological polar surface area (TPSA) is 88.4 Å². The van der Waals surface area contributed by atoms with Crippen molar-refractivity contribution in [1.29, 1.82) is 0 Å². The molecule has 1 fully saturated rings. The van der Waals surface area contributed by atoms with Crippen molar-refractivity contribution < 1.29 is 9.53 Å². The average Bonchev–Trinajstić information content (AvgIpc) is 3.29. The first-order chi connectivity index (χ1) is 13.7. The Labute approximate surface area is 162 Å². The van der Waals surface area contributed by atoms with Crippen molar-refractivity contribution in [2.75, 3.05) is 43.5 Å². The number of urea groups is 1. The van der Waals surface area contributed by atoms with Crippen LogP contribution in [-0.2, 0) is 0 Å². The number of ether oxygens (including phenoxy) is 1. The van der Waals surface area contributed by atoms with Gasteiger partial charge in [-0.05, 0) is 46.8 Å². The Morgan fingerprint density at radius 2 is 1.79 bits per heavy atom. The quantitative estimate of drug-likeness (QED) is 0.746. The van der Waals surface area contributed by atoms with Gasteiger partial charge in [0, 0.05) is 31.9 Å². The second kappa shape index (κ2) is 7.95. The summed E-state index contributed by atoms with van der Waals surface area (Å²) in [4.78, 5) is 16.6. The highest BCUT2D eigenvalue weighted by Crippen LogP contribution is 2.28. The second-order valence-electron chi connectivity index (χ2n) is 6.38. The number of methoxy groups -OCH3 is 1. The minimum Gasteiger partial charge on any atom is -0.495 e. The lowest BCUT2D eigenvalue weighted by Crippen LogP contribution is -2.50. The molecule has 0 saturated carbocycles. The van der Waals surface area contributed by atoms with E-state index in [1.807, 2.05) is 53.4 Å². The van der Waals surface area contributed by atoms with Crippen LogP contribution in [0.3, 0.4) is 0 Å². The second-order valence-corrected chi connectivity index (χ2v) is 6.38. The first-order valence-electron chi connectivity index (χ1n) is 9.02. The molecule has 9 heteroatoms. The fourth-order valence-electron chi connectivity index (χ4n) is 3.22. The maximum absolute atomic E-state index is 12.6. The number of rotatable bonds is 4.